The van der Waals surface area contributed by atoms with Crippen LogP contribution in [0.2, 0.25) is 5.02 Å². The normalized spacial score (nSPS) is 9.83. The number of hydrogen-bond acceptors (Lipinski definition) is 3. The van der Waals surface area contributed by atoms with Crippen LogP contribution in [0.5, 0.6) is 0 Å². The van der Waals surface area contributed by atoms with E-state index in [4.69, 9.17) is 17.3 Å². The van der Waals surface area contributed by atoms with Crippen LogP contribution in [0, 0.1) is 10.1 Å². The molecule has 0 amide bonds. The van der Waals surface area contributed by atoms with E-state index in [0.29, 0.717) is 5.56 Å². The first kappa shape index (κ1) is 8.96. The molecule has 0 atom stereocenters. The van der Waals surface area contributed by atoms with E-state index < -0.39 is 4.92 Å². The molecule has 0 heterocycles. The van der Waals surface area contributed by atoms with E-state index in [1.807, 2.05) is 0 Å². The second-order valence-corrected chi connectivity index (χ2v) is 2.65. The molecule has 0 saturated carbocycles. The third kappa shape index (κ3) is 1.72. The SMILES string of the molecule is NCc1ccc(Cl)c([N+](=O)[O-])c1. The fraction of sp³-hybridized carbons (Fsp3) is 0.143. The van der Waals surface area contributed by atoms with E-state index in [0.717, 1.165) is 0 Å². The summed E-state index contributed by atoms with van der Waals surface area (Å²) < 4.78 is 0. The van der Waals surface area contributed by atoms with E-state index in [-0.39, 0.29) is 17.3 Å². The van der Waals surface area contributed by atoms with Crippen molar-refractivity contribution in [1.29, 1.82) is 0 Å². The average Bonchev–Trinajstić information content (AvgIpc) is 2.05. The van der Waals surface area contributed by atoms with Gasteiger partial charge in [0.15, 0.2) is 0 Å². The lowest BCUT2D eigenvalue weighted by Gasteiger charge is -1.97. The van der Waals surface area contributed by atoms with Crippen LogP contribution in [-0.4, -0.2) is 4.92 Å². The van der Waals surface area contributed by atoms with E-state index in [1.54, 1.807) is 6.07 Å². The first-order valence-corrected chi connectivity index (χ1v) is 3.66. The Hall–Kier alpha value is -1.13. The largest absolute Gasteiger partial charge is 0.326 e. The van der Waals surface area contributed by atoms with E-state index >= 15 is 0 Å². The molecule has 0 bridgehead atoms. The van der Waals surface area contributed by atoms with Gasteiger partial charge in [-0.25, -0.2) is 0 Å². The standard InChI is InChI=1S/C7H7ClN2O2/c8-6-2-1-5(4-9)3-7(6)10(11)12/h1-3H,4,9H2. The third-order valence-electron chi connectivity index (χ3n) is 1.44. The van der Waals surface area contributed by atoms with Gasteiger partial charge in [0.2, 0.25) is 0 Å². The minimum absolute atomic E-state index is 0.0976. The molecule has 5 heteroatoms. The summed E-state index contributed by atoms with van der Waals surface area (Å²) >= 11 is 5.57. The number of nitro groups is 1. The molecule has 4 nitrogen and oxygen atoms in total. The second kappa shape index (κ2) is 3.51. The highest BCUT2D eigenvalue weighted by molar-refractivity contribution is 6.32. The molecule has 1 rings (SSSR count). The van der Waals surface area contributed by atoms with Crippen LogP contribution in [0.4, 0.5) is 5.69 Å². The highest BCUT2D eigenvalue weighted by Gasteiger charge is 2.11. The number of nitro benzene ring substituents is 1. The molecule has 0 unspecified atom stereocenters. The summed E-state index contributed by atoms with van der Waals surface area (Å²) in [6.07, 6.45) is 0. The average molecular weight is 187 g/mol. The second-order valence-electron chi connectivity index (χ2n) is 2.25. The van der Waals surface area contributed by atoms with Gasteiger partial charge in [-0.2, -0.15) is 0 Å². The van der Waals surface area contributed by atoms with Crippen LogP contribution < -0.4 is 5.73 Å². The molecule has 12 heavy (non-hydrogen) atoms. The van der Waals surface area contributed by atoms with Crippen molar-refractivity contribution < 1.29 is 4.92 Å². The first-order valence-electron chi connectivity index (χ1n) is 3.28. The molecular weight excluding hydrogens is 180 g/mol. The molecule has 64 valence electrons. The Bertz CT molecular complexity index is 314. The maximum atomic E-state index is 10.4. The molecule has 0 aromatic heterocycles. The molecule has 0 aliphatic carbocycles. The molecule has 0 aliphatic heterocycles. The Morgan fingerprint density at radius 2 is 2.25 bits per heavy atom. The minimum atomic E-state index is -0.526. The summed E-state index contributed by atoms with van der Waals surface area (Å²) in [5.41, 5.74) is 5.91. The van der Waals surface area contributed by atoms with Crippen molar-refractivity contribution in [3.05, 3.63) is 38.9 Å². The van der Waals surface area contributed by atoms with Crippen LogP contribution >= 0.6 is 11.6 Å². The number of nitrogens with zero attached hydrogens (tertiary/aromatic N) is 1. The summed E-state index contributed by atoms with van der Waals surface area (Å²) in [6, 6.07) is 4.51. The summed E-state index contributed by atoms with van der Waals surface area (Å²) in [4.78, 5) is 9.84. The first-order chi connectivity index (χ1) is 5.65. The summed E-state index contributed by atoms with van der Waals surface area (Å²) in [6.45, 7) is 0.276. The third-order valence-corrected chi connectivity index (χ3v) is 1.76. The Labute approximate surface area is 74.1 Å². The summed E-state index contributed by atoms with van der Waals surface area (Å²) in [5, 5.41) is 10.5. The molecule has 1 aromatic carbocycles. The maximum Gasteiger partial charge on any atom is 0.288 e. The lowest BCUT2D eigenvalue weighted by molar-refractivity contribution is -0.384. The lowest BCUT2D eigenvalue weighted by Crippen LogP contribution is -1.97. The van der Waals surface area contributed by atoms with Crippen LogP contribution in [0.3, 0.4) is 0 Å². The Balaban J connectivity index is 3.17. The zero-order valence-corrected chi connectivity index (χ0v) is 6.91. The summed E-state index contributed by atoms with van der Waals surface area (Å²) in [5.74, 6) is 0. The van der Waals surface area contributed by atoms with Crippen molar-refractivity contribution in [3.8, 4) is 0 Å². The van der Waals surface area contributed by atoms with E-state index in [9.17, 15) is 10.1 Å². The molecule has 0 radical (unpaired) electrons. The molecule has 1 aromatic rings. The lowest BCUT2D eigenvalue weighted by atomic mass is 10.2. The van der Waals surface area contributed by atoms with Gasteiger partial charge in [-0.05, 0) is 11.6 Å². The molecule has 0 aliphatic rings. The van der Waals surface area contributed by atoms with Gasteiger partial charge in [0, 0.05) is 12.6 Å². The van der Waals surface area contributed by atoms with Gasteiger partial charge >= 0.3 is 0 Å². The highest BCUT2D eigenvalue weighted by atomic mass is 35.5. The van der Waals surface area contributed by atoms with E-state index in [2.05, 4.69) is 0 Å². The number of nitrogens with two attached hydrogens (primary N) is 1. The number of rotatable bonds is 2. The predicted octanol–water partition coefficient (Wildman–Crippen LogP) is 1.71. The molecule has 0 saturated heterocycles. The van der Waals surface area contributed by atoms with Crippen molar-refractivity contribution in [1.82, 2.24) is 0 Å². The van der Waals surface area contributed by atoms with Crippen LogP contribution in [0.25, 0.3) is 0 Å². The molecule has 2 N–H and O–H groups in total. The quantitative estimate of drug-likeness (QED) is 0.565. The van der Waals surface area contributed by atoms with Crippen molar-refractivity contribution in [2.75, 3.05) is 0 Å². The number of benzene rings is 1. The predicted molar refractivity (Wildman–Crippen MR) is 46.0 cm³/mol. The maximum absolute atomic E-state index is 10.4. The van der Waals surface area contributed by atoms with E-state index in [1.165, 1.54) is 12.1 Å². The zero-order valence-electron chi connectivity index (χ0n) is 6.16. The van der Waals surface area contributed by atoms with Crippen molar-refractivity contribution in [2.24, 2.45) is 5.73 Å². The Kier molecular flexibility index (Phi) is 2.62. The summed E-state index contributed by atoms with van der Waals surface area (Å²) in [7, 11) is 0. The zero-order chi connectivity index (χ0) is 9.14. The van der Waals surface area contributed by atoms with Gasteiger partial charge in [-0.1, -0.05) is 17.7 Å². The van der Waals surface area contributed by atoms with Gasteiger partial charge in [-0.15, -0.1) is 0 Å². The van der Waals surface area contributed by atoms with Crippen LogP contribution in [0.1, 0.15) is 5.56 Å². The molecule has 0 spiro atoms. The Morgan fingerprint density at radius 3 is 2.75 bits per heavy atom. The van der Waals surface area contributed by atoms with Gasteiger partial charge in [0.05, 0.1) is 4.92 Å². The molecule has 0 fully saturated rings. The fourth-order valence-electron chi connectivity index (χ4n) is 0.825. The fourth-order valence-corrected chi connectivity index (χ4v) is 1.01. The minimum Gasteiger partial charge on any atom is -0.326 e. The smallest absolute Gasteiger partial charge is 0.288 e. The number of hydrogen-bond donors (Lipinski definition) is 1. The monoisotopic (exact) mass is 186 g/mol. The van der Waals surface area contributed by atoms with Gasteiger partial charge in [-0.3, -0.25) is 10.1 Å². The van der Waals surface area contributed by atoms with Crippen LogP contribution in [-0.2, 0) is 6.54 Å². The van der Waals surface area contributed by atoms with Gasteiger partial charge in [0.25, 0.3) is 5.69 Å². The van der Waals surface area contributed by atoms with Crippen molar-refractivity contribution >= 4 is 17.3 Å². The van der Waals surface area contributed by atoms with Crippen molar-refractivity contribution in [3.63, 3.8) is 0 Å². The highest BCUT2D eigenvalue weighted by Crippen LogP contribution is 2.24. The number of halogens is 1. The molecular formula is C7H7ClN2O2. The van der Waals surface area contributed by atoms with Crippen LogP contribution in [0.15, 0.2) is 18.2 Å². The van der Waals surface area contributed by atoms with Gasteiger partial charge in [0.1, 0.15) is 5.02 Å². The Morgan fingerprint density at radius 1 is 1.58 bits per heavy atom. The van der Waals surface area contributed by atoms with Gasteiger partial charge < -0.3 is 5.73 Å². The van der Waals surface area contributed by atoms with Crippen molar-refractivity contribution in [2.45, 2.75) is 6.54 Å². The topological polar surface area (TPSA) is 69.2 Å².